The van der Waals surface area contributed by atoms with Crippen molar-refractivity contribution < 1.29 is 19.8 Å². The van der Waals surface area contributed by atoms with Crippen molar-refractivity contribution in [1.82, 2.24) is 10.3 Å². The van der Waals surface area contributed by atoms with E-state index in [4.69, 9.17) is 5.11 Å². The average Bonchev–Trinajstić information content (AvgIpc) is 2.43. The van der Waals surface area contributed by atoms with Gasteiger partial charge in [-0.25, -0.2) is 9.78 Å². The molecule has 110 valence electrons. The number of rotatable bonds is 7. The Bertz CT molecular complexity index is 471. The summed E-state index contributed by atoms with van der Waals surface area (Å²) in [6.45, 7) is 3.56. The summed E-state index contributed by atoms with van der Waals surface area (Å²) in [5, 5.41) is 23.7. The summed E-state index contributed by atoms with van der Waals surface area (Å²) < 4.78 is 0. The number of carbonyl (C=O) groups excluding carboxylic acids is 1. The number of carboxylic acids is 1. The lowest BCUT2D eigenvalue weighted by molar-refractivity contribution is -0.155. The molecular formula is C13H19N3O4. The number of pyridine rings is 1. The van der Waals surface area contributed by atoms with Crippen LogP contribution in [0.5, 0.6) is 0 Å². The van der Waals surface area contributed by atoms with E-state index < -0.39 is 11.6 Å². The molecule has 0 aromatic carbocycles. The maximum atomic E-state index is 11.6. The summed E-state index contributed by atoms with van der Waals surface area (Å²) in [5.74, 6) is -1.14. The number of aliphatic hydroxyl groups is 1. The van der Waals surface area contributed by atoms with Crippen molar-refractivity contribution in [2.45, 2.75) is 25.9 Å². The molecule has 0 bridgehead atoms. The molecule has 0 saturated heterocycles. The topological polar surface area (TPSA) is 112 Å². The third kappa shape index (κ3) is 4.51. The second-order valence-electron chi connectivity index (χ2n) is 4.62. The monoisotopic (exact) mass is 281 g/mol. The smallest absolute Gasteiger partial charge is 0.337 e. The molecular weight excluding hydrogens is 262 g/mol. The molecule has 0 saturated carbocycles. The Morgan fingerprint density at radius 1 is 1.40 bits per heavy atom. The fourth-order valence-electron chi connectivity index (χ4n) is 1.31. The number of carboxylic acid groups (broad SMARTS) is 1. The van der Waals surface area contributed by atoms with Crippen molar-refractivity contribution in [3.05, 3.63) is 23.9 Å². The zero-order chi connectivity index (χ0) is 15.2. The molecule has 7 heteroatoms. The number of nitrogens with one attached hydrogen (secondary N) is 2. The molecule has 0 spiro atoms. The molecule has 0 radical (unpaired) electrons. The van der Waals surface area contributed by atoms with Crippen LogP contribution < -0.4 is 10.6 Å². The minimum absolute atomic E-state index is 0.184. The number of aliphatic carboxylic acids is 1. The number of amides is 1. The minimum atomic E-state index is -1.88. The van der Waals surface area contributed by atoms with Gasteiger partial charge in [0, 0.05) is 12.7 Å². The Kier molecular flexibility index (Phi) is 5.45. The van der Waals surface area contributed by atoms with Gasteiger partial charge < -0.3 is 20.8 Å². The van der Waals surface area contributed by atoms with Crippen LogP contribution in [0.15, 0.2) is 18.3 Å². The summed E-state index contributed by atoms with van der Waals surface area (Å²) in [6.07, 6.45) is 2.24. The van der Waals surface area contributed by atoms with Gasteiger partial charge in [0.1, 0.15) is 5.82 Å². The van der Waals surface area contributed by atoms with Crippen molar-refractivity contribution in [1.29, 1.82) is 0 Å². The Balaban J connectivity index is 2.59. The molecule has 1 unspecified atom stereocenters. The first-order chi connectivity index (χ1) is 9.36. The second kappa shape index (κ2) is 6.85. The standard InChI is InChI=1S/C13H19N3O4/c1-3-6-14-11(17)9-4-5-10(15-7-9)16-8-13(2,20)12(18)19/h4-5,7,20H,3,6,8H2,1-2H3,(H,14,17)(H,15,16)(H,18,19). The quantitative estimate of drug-likeness (QED) is 0.578. The van der Waals surface area contributed by atoms with E-state index in [2.05, 4.69) is 15.6 Å². The van der Waals surface area contributed by atoms with Gasteiger partial charge in [0.15, 0.2) is 5.60 Å². The molecule has 0 aliphatic carbocycles. The van der Waals surface area contributed by atoms with Crippen LogP contribution in [-0.4, -0.2) is 45.8 Å². The molecule has 1 amide bonds. The Morgan fingerprint density at radius 2 is 2.10 bits per heavy atom. The number of aromatic nitrogens is 1. The predicted octanol–water partition coefficient (Wildman–Crippen LogP) is 0.469. The van der Waals surface area contributed by atoms with E-state index in [1.807, 2.05) is 6.92 Å². The van der Waals surface area contributed by atoms with Crippen LogP contribution in [0.1, 0.15) is 30.6 Å². The third-order valence-electron chi connectivity index (χ3n) is 2.64. The van der Waals surface area contributed by atoms with E-state index in [1.165, 1.54) is 13.1 Å². The maximum Gasteiger partial charge on any atom is 0.337 e. The molecule has 0 fully saturated rings. The number of hydrogen-bond donors (Lipinski definition) is 4. The van der Waals surface area contributed by atoms with Crippen LogP contribution in [-0.2, 0) is 4.79 Å². The van der Waals surface area contributed by atoms with Gasteiger partial charge in [-0.3, -0.25) is 4.79 Å². The first-order valence-electron chi connectivity index (χ1n) is 6.30. The SMILES string of the molecule is CCCNC(=O)c1ccc(NCC(C)(O)C(=O)O)nc1. The highest BCUT2D eigenvalue weighted by Crippen LogP contribution is 2.08. The van der Waals surface area contributed by atoms with Gasteiger partial charge in [-0.05, 0) is 25.5 Å². The van der Waals surface area contributed by atoms with E-state index in [0.717, 1.165) is 6.42 Å². The van der Waals surface area contributed by atoms with Gasteiger partial charge >= 0.3 is 5.97 Å². The third-order valence-corrected chi connectivity index (χ3v) is 2.64. The Labute approximate surface area is 117 Å². The molecule has 4 N–H and O–H groups in total. The van der Waals surface area contributed by atoms with Crippen LogP contribution in [0, 0.1) is 0 Å². The van der Waals surface area contributed by atoms with Gasteiger partial charge in [-0.2, -0.15) is 0 Å². The second-order valence-corrected chi connectivity index (χ2v) is 4.62. The van der Waals surface area contributed by atoms with Crippen LogP contribution in [0.25, 0.3) is 0 Å². The summed E-state index contributed by atoms with van der Waals surface area (Å²) in [7, 11) is 0. The van der Waals surface area contributed by atoms with Crippen LogP contribution in [0.2, 0.25) is 0 Å². The fraction of sp³-hybridized carbons (Fsp3) is 0.462. The van der Waals surface area contributed by atoms with Crippen molar-refractivity contribution in [3.63, 3.8) is 0 Å². The van der Waals surface area contributed by atoms with Gasteiger partial charge in [0.05, 0.1) is 12.1 Å². The van der Waals surface area contributed by atoms with Gasteiger partial charge in [0.25, 0.3) is 5.91 Å². The summed E-state index contributed by atoms with van der Waals surface area (Å²) in [5.41, 5.74) is -1.45. The highest BCUT2D eigenvalue weighted by Gasteiger charge is 2.29. The van der Waals surface area contributed by atoms with E-state index in [-0.39, 0.29) is 12.5 Å². The summed E-state index contributed by atoms with van der Waals surface area (Å²) in [4.78, 5) is 26.3. The largest absolute Gasteiger partial charge is 0.479 e. The molecule has 1 aromatic rings. The highest BCUT2D eigenvalue weighted by atomic mass is 16.4. The first kappa shape index (κ1) is 15.9. The highest BCUT2D eigenvalue weighted by molar-refractivity contribution is 5.94. The lowest BCUT2D eigenvalue weighted by Crippen LogP contribution is -2.41. The molecule has 1 aromatic heterocycles. The number of nitrogens with zero attached hydrogens (tertiary/aromatic N) is 1. The van der Waals surface area contributed by atoms with Crippen molar-refractivity contribution in [3.8, 4) is 0 Å². The van der Waals surface area contributed by atoms with Gasteiger partial charge in [-0.1, -0.05) is 6.92 Å². The van der Waals surface area contributed by atoms with Crippen LogP contribution in [0.4, 0.5) is 5.82 Å². The van der Waals surface area contributed by atoms with Crippen molar-refractivity contribution in [2.75, 3.05) is 18.4 Å². The molecule has 0 aliphatic heterocycles. The number of anilines is 1. The first-order valence-corrected chi connectivity index (χ1v) is 6.30. The Hall–Kier alpha value is -2.15. The molecule has 0 aliphatic rings. The zero-order valence-corrected chi connectivity index (χ0v) is 11.5. The van der Waals surface area contributed by atoms with Crippen LogP contribution >= 0.6 is 0 Å². The van der Waals surface area contributed by atoms with Crippen molar-refractivity contribution in [2.24, 2.45) is 0 Å². The summed E-state index contributed by atoms with van der Waals surface area (Å²) in [6, 6.07) is 3.13. The number of carbonyl (C=O) groups is 2. The van der Waals surface area contributed by atoms with Crippen molar-refractivity contribution >= 4 is 17.7 Å². The summed E-state index contributed by atoms with van der Waals surface area (Å²) >= 11 is 0. The van der Waals surface area contributed by atoms with E-state index in [1.54, 1.807) is 12.1 Å². The van der Waals surface area contributed by atoms with Gasteiger partial charge in [0.2, 0.25) is 0 Å². The normalized spacial score (nSPS) is 13.3. The lowest BCUT2D eigenvalue weighted by Gasteiger charge is -2.18. The molecule has 20 heavy (non-hydrogen) atoms. The average molecular weight is 281 g/mol. The molecule has 1 atom stereocenters. The van der Waals surface area contributed by atoms with Crippen LogP contribution in [0.3, 0.4) is 0 Å². The fourth-order valence-corrected chi connectivity index (χ4v) is 1.31. The molecule has 1 heterocycles. The molecule has 1 rings (SSSR count). The van der Waals surface area contributed by atoms with E-state index in [0.29, 0.717) is 17.9 Å². The maximum absolute atomic E-state index is 11.6. The van der Waals surface area contributed by atoms with E-state index in [9.17, 15) is 14.7 Å². The lowest BCUT2D eigenvalue weighted by atomic mass is 10.1. The molecule has 7 nitrogen and oxygen atoms in total. The number of hydrogen-bond acceptors (Lipinski definition) is 5. The van der Waals surface area contributed by atoms with E-state index >= 15 is 0 Å². The Morgan fingerprint density at radius 3 is 2.60 bits per heavy atom. The van der Waals surface area contributed by atoms with Gasteiger partial charge in [-0.15, -0.1) is 0 Å². The zero-order valence-electron chi connectivity index (χ0n) is 11.5. The minimum Gasteiger partial charge on any atom is -0.479 e. The predicted molar refractivity (Wildman–Crippen MR) is 73.6 cm³/mol.